The van der Waals surface area contributed by atoms with Crippen LogP contribution in [0, 0.1) is 5.92 Å². The van der Waals surface area contributed by atoms with Gasteiger partial charge in [0.1, 0.15) is 6.61 Å². The van der Waals surface area contributed by atoms with E-state index in [1.165, 1.54) is 10.4 Å². The summed E-state index contributed by atoms with van der Waals surface area (Å²) < 4.78 is 5.42. The molecule has 0 saturated carbocycles. The molecule has 4 nitrogen and oxygen atoms in total. The molecule has 120 valence electrons. The van der Waals surface area contributed by atoms with Crippen LogP contribution in [0.4, 0.5) is 0 Å². The molecule has 1 atom stereocenters. The van der Waals surface area contributed by atoms with Crippen LogP contribution in [0.1, 0.15) is 50.1 Å². The number of ether oxygens (including phenoxy) is 1. The van der Waals surface area contributed by atoms with Crippen molar-refractivity contribution in [2.45, 2.75) is 32.8 Å². The summed E-state index contributed by atoms with van der Waals surface area (Å²) in [6, 6.07) is 6.77. The Balaban J connectivity index is 1.65. The third kappa shape index (κ3) is 3.45. The molecule has 23 heavy (non-hydrogen) atoms. The molecule has 2 N–H and O–H groups in total. The van der Waals surface area contributed by atoms with E-state index in [0.717, 1.165) is 24.8 Å². The molecule has 0 bridgehead atoms. The minimum atomic E-state index is -0.465. The maximum atomic E-state index is 12.3. The third-order valence-corrected chi connectivity index (χ3v) is 5.28. The van der Waals surface area contributed by atoms with Gasteiger partial charge in [0, 0.05) is 15.8 Å². The molecule has 0 radical (unpaired) electrons. The van der Waals surface area contributed by atoms with E-state index in [9.17, 15) is 9.59 Å². The van der Waals surface area contributed by atoms with Gasteiger partial charge in [-0.25, -0.2) is 4.79 Å². The lowest BCUT2D eigenvalue weighted by atomic mass is 9.88. The van der Waals surface area contributed by atoms with Gasteiger partial charge in [-0.3, -0.25) is 4.79 Å². The fourth-order valence-electron chi connectivity index (χ4n) is 2.84. The molecule has 1 unspecified atom stereocenters. The van der Waals surface area contributed by atoms with Crippen molar-refractivity contribution in [2.75, 3.05) is 0 Å². The highest BCUT2D eigenvalue weighted by atomic mass is 32.1. The summed E-state index contributed by atoms with van der Waals surface area (Å²) >= 11 is 1.66. The van der Waals surface area contributed by atoms with Crippen LogP contribution in [0.3, 0.4) is 0 Å². The van der Waals surface area contributed by atoms with Gasteiger partial charge in [-0.05, 0) is 48.4 Å². The maximum Gasteiger partial charge on any atom is 0.339 e. The van der Waals surface area contributed by atoms with Crippen molar-refractivity contribution < 1.29 is 14.3 Å². The van der Waals surface area contributed by atoms with Gasteiger partial charge in [0.15, 0.2) is 0 Å². The van der Waals surface area contributed by atoms with Gasteiger partial charge in [-0.1, -0.05) is 19.1 Å². The summed E-state index contributed by atoms with van der Waals surface area (Å²) in [6.07, 6.45) is 3.14. The van der Waals surface area contributed by atoms with Crippen LogP contribution in [-0.4, -0.2) is 11.9 Å². The average Bonchev–Trinajstić information content (AvgIpc) is 2.96. The van der Waals surface area contributed by atoms with Crippen molar-refractivity contribution in [3.63, 3.8) is 0 Å². The number of thiophene rings is 1. The number of fused-ring (bicyclic) bond motifs is 1. The third-order valence-electron chi connectivity index (χ3n) is 4.23. The highest BCUT2D eigenvalue weighted by Crippen LogP contribution is 2.33. The number of nitrogens with two attached hydrogens (primary N) is 1. The molecule has 0 aliphatic heterocycles. The van der Waals surface area contributed by atoms with Gasteiger partial charge >= 0.3 is 5.97 Å². The first-order valence-electron chi connectivity index (χ1n) is 7.69. The Bertz CT molecular complexity index is 733. The molecule has 0 saturated heterocycles. The molecule has 1 aromatic heterocycles. The summed E-state index contributed by atoms with van der Waals surface area (Å²) in [7, 11) is 0. The van der Waals surface area contributed by atoms with E-state index in [1.807, 2.05) is 5.38 Å². The number of carbonyl (C=O) groups is 2. The maximum absolute atomic E-state index is 12.3. The molecular formula is C18H19NO3S. The molecule has 1 aromatic carbocycles. The average molecular weight is 329 g/mol. The molecule has 1 amide bonds. The molecule has 0 spiro atoms. The second kappa shape index (κ2) is 6.54. The predicted octanol–water partition coefficient (Wildman–Crippen LogP) is 3.33. The Morgan fingerprint density at radius 3 is 2.74 bits per heavy atom. The highest BCUT2D eigenvalue weighted by molar-refractivity contribution is 7.10. The molecule has 2 aromatic rings. The van der Waals surface area contributed by atoms with E-state index in [2.05, 4.69) is 6.92 Å². The van der Waals surface area contributed by atoms with Gasteiger partial charge in [0.25, 0.3) is 0 Å². The van der Waals surface area contributed by atoms with Gasteiger partial charge in [0.2, 0.25) is 5.91 Å². The number of benzene rings is 1. The van der Waals surface area contributed by atoms with Gasteiger partial charge in [0.05, 0.1) is 5.56 Å². The zero-order chi connectivity index (χ0) is 16.4. The van der Waals surface area contributed by atoms with Gasteiger partial charge in [-0.2, -0.15) is 0 Å². The number of primary amides is 1. The summed E-state index contributed by atoms with van der Waals surface area (Å²) in [4.78, 5) is 24.7. The number of hydrogen-bond acceptors (Lipinski definition) is 4. The summed E-state index contributed by atoms with van der Waals surface area (Å²) in [6.45, 7) is 2.44. The van der Waals surface area contributed by atoms with Crippen LogP contribution in [0.15, 0.2) is 29.6 Å². The smallest absolute Gasteiger partial charge is 0.339 e. The van der Waals surface area contributed by atoms with Crippen LogP contribution < -0.4 is 5.73 Å². The first kappa shape index (κ1) is 15.7. The number of hydrogen-bond donors (Lipinski definition) is 1. The van der Waals surface area contributed by atoms with Crippen LogP contribution in [-0.2, 0) is 24.2 Å². The Kier molecular flexibility index (Phi) is 4.48. The monoisotopic (exact) mass is 329 g/mol. The Morgan fingerprint density at radius 2 is 2.04 bits per heavy atom. The number of esters is 1. The van der Waals surface area contributed by atoms with Crippen LogP contribution in [0.5, 0.6) is 0 Å². The summed E-state index contributed by atoms with van der Waals surface area (Å²) in [5.74, 6) is -0.0440. The lowest BCUT2D eigenvalue weighted by molar-refractivity contribution is 0.0471. The standard InChI is InChI=1S/C18H19NO3S/c1-11-2-7-14-15(10-23-16(14)8-11)18(21)22-9-12-3-5-13(6-4-12)17(19)20/h3-6,10-11H,2,7-9H2,1H3,(H2,19,20). The zero-order valence-electron chi connectivity index (χ0n) is 13.0. The van der Waals surface area contributed by atoms with Crippen molar-refractivity contribution in [2.24, 2.45) is 11.7 Å². The van der Waals surface area contributed by atoms with E-state index in [4.69, 9.17) is 10.5 Å². The van der Waals surface area contributed by atoms with Gasteiger partial charge in [-0.15, -0.1) is 11.3 Å². The van der Waals surface area contributed by atoms with Crippen molar-refractivity contribution in [1.82, 2.24) is 0 Å². The second-order valence-corrected chi connectivity index (χ2v) is 7.00. The molecule has 1 heterocycles. The lowest BCUT2D eigenvalue weighted by Gasteiger charge is -2.18. The molecule has 3 rings (SSSR count). The largest absolute Gasteiger partial charge is 0.457 e. The van der Waals surface area contributed by atoms with E-state index >= 15 is 0 Å². The SMILES string of the molecule is CC1CCc2c(C(=O)OCc3ccc(C(N)=O)cc3)csc2C1. The van der Waals surface area contributed by atoms with E-state index in [1.54, 1.807) is 35.6 Å². The number of amides is 1. The van der Waals surface area contributed by atoms with Gasteiger partial charge < -0.3 is 10.5 Å². The molecule has 1 aliphatic rings. The number of carbonyl (C=O) groups excluding carboxylic acids is 2. The minimum Gasteiger partial charge on any atom is -0.457 e. The van der Waals surface area contributed by atoms with E-state index in [0.29, 0.717) is 17.0 Å². The molecular weight excluding hydrogens is 310 g/mol. The topological polar surface area (TPSA) is 69.4 Å². The van der Waals surface area contributed by atoms with Crippen molar-refractivity contribution in [1.29, 1.82) is 0 Å². The van der Waals surface area contributed by atoms with Crippen LogP contribution in [0.2, 0.25) is 0 Å². The normalized spacial score (nSPS) is 16.7. The Morgan fingerprint density at radius 1 is 1.30 bits per heavy atom. The fourth-order valence-corrected chi connectivity index (χ4v) is 4.07. The fraction of sp³-hybridized carbons (Fsp3) is 0.333. The van der Waals surface area contributed by atoms with Crippen molar-refractivity contribution in [3.05, 3.63) is 56.8 Å². The predicted molar refractivity (Wildman–Crippen MR) is 89.6 cm³/mol. The molecule has 5 heteroatoms. The lowest BCUT2D eigenvalue weighted by Crippen LogP contribution is -2.13. The minimum absolute atomic E-state index is 0.193. The quantitative estimate of drug-likeness (QED) is 0.875. The first-order chi connectivity index (χ1) is 11.0. The molecule has 0 fully saturated rings. The van der Waals surface area contributed by atoms with Crippen molar-refractivity contribution in [3.8, 4) is 0 Å². The zero-order valence-corrected chi connectivity index (χ0v) is 13.8. The second-order valence-electron chi connectivity index (χ2n) is 6.04. The highest BCUT2D eigenvalue weighted by Gasteiger charge is 2.23. The first-order valence-corrected chi connectivity index (χ1v) is 8.57. The summed E-state index contributed by atoms with van der Waals surface area (Å²) in [5.41, 5.74) is 8.36. The summed E-state index contributed by atoms with van der Waals surface area (Å²) in [5, 5.41) is 1.92. The van der Waals surface area contributed by atoms with E-state index < -0.39 is 5.91 Å². The Hall–Kier alpha value is -2.14. The van der Waals surface area contributed by atoms with Crippen LogP contribution >= 0.6 is 11.3 Å². The Labute approximate surface area is 139 Å². The van der Waals surface area contributed by atoms with Crippen LogP contribution in [0.25, 0.3) is 0 Å². The number of rotatable bonds is 4. The molecule has 1 aliphatic carbocycles. The van der Waals surface area contributed by atoms with E-state index in [-0.39, 0.29) is 12.6 Å². The van der Waals surface area contributed by atoms with Crippen molar-refractivity contribution >= 4 is 23.2 Å².